The molecular weight excluding hydrogens is 775 g/mol. The van der Waals surface area contributed by atoms with Gasteiger partial charge in [-0.1, -0.05) is 95.6 Å². The van der Waals surface area contributed by atoms with E-state index in [0.717, 1.165) is 17.7 Å². The van der Waals surface area contributed by atoms with Gasteiger partial charge in [0.2, 0.25) is 0 Å². The minimum absolute atomic E-state index is 0. The summed E-state index contributed by atoms with van der Waals surface area (Å²) >= 11 is 0. The number of para-hydroxylation sites is 1. The molecule has 8 rings (SSSR count). The van der Waals surface area contributed by atoms with E-state index < -0.39 is 0 Å². The van der Waals surface area contributed by atoms with E-state index in [9.17, 15) is 0 Å². The van der Waals surface area contributed by atoms with Crippen molar-refractivity contribution in [1.82, 2.24) is 14.5 Å². The van der Waals surface area contributed by atoms with Crippen LogP contribution < -0.4 is 0 Å². The maximum absolute atomic E-state index is 4.51. The molecule has 0 aliphatic rings. The Morgan fingerprint density at radius 3 is 2.14 bits per heavy atom. The number of pyridine rings is 2. The van der Waals surface area contributed by atoms with Gasteiger partial charge in [-0.25, -0.2) is 0 Å². The van der Waals surface area contributed by atoms with Crippen molar-refractivity contribution in [2.75, 3.05) is 0 Å². The summed E-state index contributed by atoms with van der Waals surface area (Å²) < 4.78 is 2.39. The number of fused-ring (bicyclic) bond motifs is 6. The SMILES string of the molecule is CC(C)(C)Cc1cccc2c1cc(-n1c3c[c-]ccc3c3ccccc31)c1cnccc12.CC(C)(C)c1ccc(-c2[c-]cccc2)nc1.[Ir]. The van der Waals surface area contributed by atoms with E-state index in [2.05, 4.69) is 147 Å². The van der Waals surface area contributed by atoms with Crippen LogP contribution in [0.3, 0.4) is 0 Å². The molecule has 0 bridgehead atoms. The summed E-state index contributed by atoms with van der Waals surface area (Å²) in [7, 11) is 0. The fraction of sp³-hybridized carbons (Fsp3) is 0.200. The van der Waals surface area contributed by atoms with Crippen LogP contribution >= 0.6 is 0 Å². The van der Waals surface area contributed by atoms with Gasteiger partial charge in [0.1, 0.15) is 0 Å². The molecule has 3 heterocycles. The van der Waals surface area contributed by atoms with Crippen molar-refractivity contribution in [3.05, 3.63) is 151 Å². The topological polar surface area (TPSA) is 30.7 Å². The summed E-state index contributed by atoms with van der Waals surface area (Å²) in [5.41, 5.74) is 8.60. The predicted molar refractivity (Wildman–Crippen MR) is 203 cm³/mol. The number of aromatic nitrogens is 3. The molecule has 0 aliphatic heterocycles. The van der Waals surface area contributed by atoms with Crippen molar-refractivity contribution in [3.8, 4) is 16.9 Å². The van der Waals surface area contributed by atoms with E-state index in [1.54, 1.807) is 0 Å². The molecule has 49 heavy (non-hydrogen) atoms. The third-order valence-corrected chi connectivity index (χ3v) is 8.96. The maximum Gasteiger partial charge on any atom is 0.0446 e. The first-order valence-corrected chi connectivity index (χ1v) is 16.7. The summed E-state index contributed by atoms with van der Waals surface area (Å²) in [6.07, 6.45) is 6.90. The first kappa shape index (κ1) is 34.2. The van der Waals surface area contributed by atoms with Crippen LogP contribution in [0.25, 0.3) is 60.3 Å². The molecule has 0 saturated heterocycles. The molecule has 0 aliphatic carbocycles. The first-order valence-electron chi connectivity index (χ1n) is 16.7. The molecule has 247 valence electrons. The van der Waals surface area contributed by atoms with Crippen molar-refractivity contribution in [2.45, 2.75) is 53.4 Å². The number of rotatable bonds is 3. The van der Waals surface area contributed by atoms with Crippen molar-refractivity contribution < 1.29 is 20.1 Å². The molecule has 1 radical (unpaired) electrons. The molecule has 8 aromatic rings. The quantitative estimate of drug-likeness (QED) is 0.131. The summed E-state index contributed by atoms with van der Waals surface area (Å²) in [6.45, 7) is 13.5. The maximum atomic E-state index is 4.51. The molecule has 5 aromatic carbocycles. The van der Waals surface area contributed by atoms with Crippen molar-refractivity contribution >= 4 is 43.4 Å². The number of hydrogen-bond acceptors (Lipinski definition) is 2. The van der Waals surface area contributed by atoms with E-state index in [4.69, 9.17) is 0 Å². The van der Waals surface area contributed by atoms with Crippen LogP contribution in [0.2, 0.25) is 0 Å². The van der Waals surface area contributed by atoms with Gasteiger partial charge in [0, 0.05) is 55.3 Å². The Kier molecular flexibility index (Phi) is 9.58. The molecule has 0 fully saturated rings. The van der Waals surface area contributed by atoms with Crippen LogP contribution in [0.4, 0.5) is 0 Å². The zero-order chi connectivity index (χ0) is 33.5. The second kappa shape index (κ2) is 13.7. The smallest absolute Gasteiger partial charge is 0.0446 e. The Hall–Kier alpha value is -4.63. The van der Waals surface area contributed by atoms with Crippen LogP contribution in [0, 0.1) is 17.5 Å². The van der Waals surface area contributed by atoms with Crippen LogP contribution in [-0.2, 0) is 31.9 Å². The molecule has 3 nitrogen and oxygen atoms in total. The fourth-order valence-corrected chi connectivity index (χ4v) is 6.65. The first-order chi connectivity index (χ1) is 23.1. The van der Waals surface area contributed by atoms with Gasteiger partial charge >= 0.3 is 0 Å². The summed E-state index contributed by atoms with van der Waals surface area (Å²) in [6, 6.07) is 44.8. The summed E-state index contributed by atoms with van der Waals surface area (Å²) in [5.74, 6) is 0. The standard InChI is InChI=1S/C30H25N2.C15H16N.Ir/c1-30(2,3)18-20-9-8-12-21-22-15-16-31-19-26(22)29(17-25(20)21)32-27-13-6-4-10-23(27)24-11-5-7-14-28(24)32;1-15(2,3)13-9-10-14(16-11-13)12-7-5-4-6-8-12;/h4-6,8-17,19H,18H2,1-3H3;4-7,9-11H,1-3H3;/q2*-1;. The van der Waals surface area contributed by atoms with Crippen LogP contribution in [-0.4, -0.2) is 14.5 Å². The average molecular weight is 816 g/mol. The van der Waals surface area contributed by atoms with Gasteiger partial charge in [0.15, 0.2) is 0 Å². The Balaban J connectivity index is 0.000000208. The summed E-state index contributed by atoms with van der Waals surface area (Å²) in [4.78, 5) is 9.00. The van der Waals surface area contributed by atoms with E-state index in [1.165, 1.54) is 60.2 Å². The molecule has 0 unspecified atom stereocenters. The van der Waals surface area contributed by atoms with E-state index in [-0.39, 0.29) is 30.9 Å². The van der Waals surface area contributed by atoms with E-state index >= 15 is 0 Å². The van der Waals surface area contributed by atoms with Gasteiger partial charge in [0.05, 0.1) is 0 Å². The number of benzene rings is 5. The zero-order valence-corrected chi connectivity index (χ0v) is 31.4. The van der Waals surface area contributed by atoms with Crippen LogP contribution in [0.15, 0.2) is 128 Å². The summed E-state index contributed by atoms with van der Waals surface area (Å²) in [5, 5.41) is 7.53. The molecule has 0 N–H and O–H groups in total. The number of nitrogens with zero attached hydrogens (tertiary/aromatic N) is 3. The van der Waals surface area contributed by atoms with Crippen LogP contribution in [0.5, 0.6) is 0 Å². The van der Waals surface area contributed by atoms with Gasteiger partial charge in [-0.3, -0.25) is 4.98 Å². The molecule has 4 heteroatoms. The molecule has 0 amide bonds. The third-order valence-electron chi connectivity index (χ3n) is 8.96. The molecule has 0 saturated carbocycles. The average Bonchev–Trinajstić information content (AvgIpc) is 3.42. The second-order valence-electron chi connectivity index (χ2n) is 14.8. The largest absolute Gasteiger partial charge is 0.364 e. The third kappa shape index (κ3) is 6.95. The minimum atomic E-state index is 0. The van der Waals surface area contributed by atoms with Gasteiger partial charge in [-0.05, 0) is 73.8 Å². The molecule has 0 spiro atoms. The second-order valence-corrected chi connectivity index (χ2v) is 14.8. The Bertz CT molecular complexity index is 2320. The van der Waals surface area contributed by atoms with Crippen molar-refractivity contribution in [1.29, 1.82) is 0 Å². The van der Waals surface area contributed by atoms with Crippen LogP contribution in [0.1, 0.15) is 52.7 Å². The van der Waals surface area contributed by atoms with Gasteiger partial charge < -0.3 is 9.55 Å². The fourth-order valence-electron chi connectivity index (χ4n) is 6.65. The molecule has 0 atom stereocenters. The molecule has 3 aromatic heterocycles. The van der Waals surface area contributed by atoms with Crippen molar-refractivity contribution in [3.63, 3.8) is 0 Å². The Morgan fingerprint density at radius 1 is 0.653 bits per heavy atom. The van der Waals surface area contributed by atoms with Crippen molar-refractivity contribution in [2.24, 2.45) is 5.41 Å². The monoisotopic (exact) mass is 816 g/mol. The van der Waals surface area contributed by atoms with Gasteiger partial charge in [-0.2, -0.15) is 24.3 Å². The Morgan fingerprint density at radius 2 is 1.41 bits per heavy atom. The Labute approximate surface area is 303 Å². The molecular formula is C45H41IrN3-2. The van der Waals surface area contributed by atoms with E-state index in [0.29, 0.717) is 0 Å². The van der Waals surface area contributed by atoms with Gasteiger partial charge in [0.25, 0.3) is 0 Å². The minimum Gasteiger partial charge on any atom is -0.364 e. The predicted octanol–water partition coefficient (Wildman–Crippen LogP) is 11.7. The van der Waals surface area contributed by atoms with Gasteiger partial charge in [-0.15, -0.1) is 41.3 Å². The normalized spacial score (nSPS) is 11.8. The van der Waals surface area contributed by atoms with E-state index in [1.807, 2.05) is 48.9 Å². The number of hydrogen-bond donors (Lipinski definition) is 0. The zero-order valence-electron chi connectivity index (χ0n) is 29.0.